The van der Waals surface area contributed by atoms with Gasteiger partial charge in [-0.05, 0) is 18.2 Å². The number of hydrogen-bond acceptors (Lipinski definition) is 3. The van der Waals surface area contributed by atoms with E-state index in [1.807, 2.05) is 6.07 Å². The Labute approximate surface area is 112 Å². The zero-order valence-electron chi connectivity index (χ0n) is 9.48. The van der Waals surface area contributed by atoms with Gasteiger partial charge in [-0.15, -0.1) is 0 Å². The molecule has 2 rings (SSSR count). The number of amides is 3. The number of halogens is 1. The van der Waals surface area contributed by atoms with E-state index in [1.165, 1.54) is 0 Å². The SMILES string of the molecule is O=C(CN1C(=O)CCC1=O)Nc1cccc(Br)c1. The van der Waals surface area contributed by atoms with Crippen LogP contribution in [0.1, 0.15) is 12.8 Å². The Kier molecular flexibility index (Phi) is 3.76. The van der Waals surface area contributed by atoms with E-state index >= 15 is 0 Å². The van der Waals surface area contributed by atoms with Gasteiger partial charge in [-0.1, -0.05) is 22.0 Å². The minimum absolute atomic E-state index is 0.197. The lowest BCUT2D eigenvalue weighted by Crippen LogP contribution is -2.36. The molecule has 0 aromatic heterocycles. The first-order valence-corrected chi connectivity index (χ1v) is 6.24. The molecular formula is C12H11BrN2O3. The Morgan fingerprint density at radius 3 is 2.56 bits per heavy atom. The van der Waals surface area contributed by atoms with Crippen LogP contribution in [0.15, 0.2) is 28.7 Å². The third-order valence-corrected chi connectivity index (χ3v) is 3.06. The molecule has 1 N–H and O–H groups in total. The summed E-state index contributed by atoms with van der Waals surface area (Å²) >= 11 is 3.29. The molecular weight excluding hydrogens is 300 g/mol. The van der Waals surface area contributed by atoms with Crippen molar-refractivity contribution in [3.05, 3.63) is 28.7 Å². The van der Waals surface area contributed by atoms with Gasteiger partial charge in [0.2, 0.25) is 17.7 Å². The van der Waals surface area contributed by atoms with E-state index < -0.39 is 0 Å². The molecule has 0 saturated carbocycles. The standard InChI is InChI=1S/C12H11BrN2O3/c13-8-2-1-3-9(6-8)14-10(16)7-15-11(17)4-5-12(15)18/h1-3,6H,4-5,7H2,(H,14,16). The molecule has 3 amide bonds. The van der Waals surface area contributed by atoms with Crippen LogP contribution in [0.25, 0.3) is 0 Å². The summed E-state index contributed by atoms with van der Waals surface area (Å²) in [7, 11) is 0. The van der Waals surface area contributed by atoms with Crippen molar-refractivity contribution in [2.45, 2.75) is 12.8 Å². The Morgan fingerprint density at radius 1 is 1.28 bits per heavy atom. The summed E-state index contributed by atoms with van der Waals surface area (Å²) in [6, 6.07) is 7.09. The van der Waals surface area contributed by atoms with Gasteiger partial charge in [0.25, 0.3) is 0 Å². The Balaban J connectivity index is 1.97. The topological polar surface area (TPSA) is 66.5 Å². The first-order valence-electron chi connectivity index (χ1n) is 5.45. The van der Waals surface area contributed by atoms with Crippen molar-refractivity contribution in [2.24, 2.45) is 0 Å². The highest BCUT2D eigenvalue weighted by Gasteiger charge is 2.30. The highest BCUT2D eigenvalue weighted by atomic mass is 79.9. The number of rotatable bonds is 3. The van der Waals surface area contributed by atoms with Gasteiger partial charge in [-0.2, -0.15) is 0 Å². The molecule has 0 radical (unpaired) electrons. The fourth-order valence-corrected chi connectivity index (χ4v) is 2.11. The molecule has 0 unspecified atom stereocenters. The van der Waals surface area contributed by atoms with E-state index in [4.69, 9.17) is 0 Å². The number of hydrogen-bond donors (Lipinski definition) is 1. The zero-order chi connectivity index (χ0) is 13.1. The molecule has 18 heavy (non-hydrogen) atoms. The summed E-state index contributed by atoms with van der Waals surface area (Å²) in [4.78, 5) is 35.4. The van der Waals surface area contributed by atoms with Crippen LogP contribution in [0.4, 0.5) is 5.69 Å². The number of nitrogens with one attached hydrogen (secondary N) is 1. The molecule has 1 fully saturated rings. The van der Waals surface area contributed by atoms with Gasteiger partial charge >= 0.3 is 0 Å². The Morgan fingerprint density at radius 2 is 1.94 bits per heavy atom. The smallest absolute Gasteiger partial charge is 0.244 e. The maximum Gasteiger partial charge on any atom is 0.244 e. The second-order valence-corrected chi connectivity index (χ2v) is 4.85. The molecule has 1 heterocycles. The molecule has 1 saturated heterocycles. The molecule has 6 heteroatoms. The number of likely N-dealkylation sites (tertiary alicyclic amines) is 1. The largest absolute Gasteiger partial charge is 0.324 e. The van der Waals surface area contributed by atoms with E-state index in [9.17, 15) is 14.4 Å². The van der Waals surface area contributed by atoms with E-state index in [0.717, 1.165) is 9.37 Å². The van der Waals surface area contributed by atoms with Crippen LogP contribution >= 0.6 is 15.9 Å². The molecule has 0 bridgehead atoms. The summed E-state index contributed by atoms with van der Waals surface area (Å²) in [6.07, 6.45) is 0.395. The first kappa shape index (κ1) is 12.8. The average Bonchev–Trinajstić information content (AvgIpc) is 2.61. The second-order valence-electron chi connectivity index (χ2n) is 3.93. The second kappa shape index (κ2) is 5.30. The summed E-state index contributed by atoms with van der Waals surface area (Å²) in [5, 5.41) is 2.64. The molecule has 1 aliphatic rings. The summed E-state index contributed by atoms with van der Waals surface area (Å²) in [5.74, 6) is -0.953. The van der Waals surface area contributed by atoms with Crippen LogP contribution in [-0.2, 0) is 14.4 Å². The van der Waals surface area contributed by atoms with Gasteiger partial charge in [-0.3, -0.25) is 19.3 Å². The number of carbonyl (C=O) groups excluding carboxylic acids is 3. The quantitative estimate of drug-likeness (QED) is 0.861. The van der Waals surface area contributed by atoms with E-state index in [-0.39, 0.29) is 37.1 Å². The van der Waals surface area contributed by atoms with Gasteiger partial charge in [0.05, 0.1) is 0 Å². The van der Waals surface area contributed by atoms with Crippen molar-refractivity contribution in [1.82, 2.24) is 4.90 Å². The monoisotopic (exact) mass is 310 g/mol. The van der Waals surface area contributed by atoms with E-state index in [0.29, 0.717) is 5.69 Å². The lowest BCUT2D eigenvalue weighted by atomic mass is 10.3. The lowest BCUT2D eigenvalue weighted by molar-refractivity contribution is -0.141. The summed E-state index contributed by atoms with van der Waals surface area (Å²) < 4.78 is 0.841. The maximum absolute atomic E-state index is 11.7. The number of nitrogens with zero attached hydrogens (tertiary/aromatic N) is 1. The third-order valence-electron chi connectivity index (χ3n) is 2.56. The van der Waals surface area contributed by atoms with Gasteiger partial charge in [0, 0.05) is 23.0 Å². The Bertz CT molecular complexity index is 500. The average molecular weight is 311 g/mol. The molecule has 0 aliphatic carbocycles. The highest BCUT2D eigenvalue weighted by molar-refractivity contribution is 9.10. The van der Waals surface area contributed by atoms with Gasteiger partial charge in [0.15, 0.2) is 0 Å². The minimum atomic E-state index is -0.378. The number of benzene rings is 1. The third kappa shape index (κ3) is 2.95. The summed E-state index contributed by atoms with van der Waals surface area (Å²) in [5.41, 5.74) is 0.619. The van der Waals surface area contributed by atoms with Crippen molar-refractivity contribution in [3.63, 3.8) is 0 Å². The minimum Gasteiger partial charge on any atom is -0.324 e. The fourth-order valence-electron chi connectivity index (χ4n) is 1.71. The van der Waals surface area contributed by atoms with Crippen molar-refractivity contribution < 1.29 is 14.4 Å². The van der Waals surface area contributed by atoms with Crippen LogP contribution in [-0.4, -0.2) is 29.2 Å². The normalized spacial score (nSPS) is 15.1. The lowest BCUT2D eigenvalue weighted by Gasteiger charge is -2.13. The molecule has 1 aromatic carbocycles. The molecule has 94 valence electrons. The van der Waals surface area contributed by atoms with Crippen molar-refractivity contribution >= 4 is 39.3 Å². The number of carbonyl (C=O) groups is 3. The van der Waals surface area contributed by atoms with Gasteiger partial charge < -0.3 is 5.32 Å². The van der Waals surface area contributed by atoms with Crippen LogP contribution < -0.4 is 5.32 Å². The van der Waals surface area contributed by atoms with Crippen molar-refractivity contribution in [1.29, 1.82) is 0 Å². The first-order chi connectivity index (χ1) is 8.56. The predicted molar refractivity (Wildman–Crippen MR) is 68.7 cm³/mol. The molecule has 5 nitrogen and oxygen atoms in total. The van der Waals surface area contributed by atoms with Gasteiger partial charge in [-0.25, -0.2) is 0 Å². The zero-order valence-corrected chi connectivity index (χ0v) is 11.1. The van der Waals surface area contributed by atoms with Crippen LogP contribution in [0.2, 0.25) is 0 Å². The van der Waals surface area contributed by atoms with Crippen LogP contribution in [0.3, 0.4) is 0 Å². The van der Waals surface area contributed by atoms with Crippen molar-refractivity contribution in [3.8, 4) is 0 Å². The van der Waals surface area contributed by atoms with E-state index in [1.54, 1.807) is 18.2 Å². The number of imide groups is 1. The fraction of sp³-hybridized carbons (Fsp3) is 0.250. The summed E-state index contributed by atoms with van der Waals surface area (Å²) in [6.45, 7) is -0.218. The molecule has 0 spiro atoms. The van der Waals surface area contributed by atoms with Crippen LogP contribution in [0, 0.1) is 0 Å². The molecule has 1 aliphatic heterocycles. The Hall–Kier alpha value is -1.69. The highest BCUT2D eigenvalue weighted by Crippen LogP contribution is 2.16. The number of anilines is 1. The predicted octanol–water partition coefficient (Wildman–Crippen LogP) is 1.54. The van der Waals surface area contributed by atoms with E-state index in [2.05, 4.69) is 21.2 Å². The van der Waals surface area contributed by atoms with Crippen molar-refractivity contribution in [2.75, 3.05) is 11.9 Å². The maximum atomic E-state index is 11.7. The molecule has 1 aromatic rings. The molecule has 0 atom stereocenters. The van der Waals surface area contributed by atoms with Crippen LogP contribution in [0.5, 0.6) is 0 Å². The van der Waals surface area contributed by atoms with Gasteiger partial charge in [0.1, 0.15) is 6.54 Å².